The molecule has 116 valence electrons. The third-order valence-corrected chi connectivity index (χ3v) is 3.06. The third kappa shape index (κ3) is 4.48. The molecule has 1 aliphatic heterocycles. The highest BCUT2D eigenvalue weighted by molar-refractivity contribution is 5.85. The molecule has 2 nitrogen and oxygen atoms in total. The molecular formula is C12H16Cl2F4N2. The van der Waals surface area contributed by atoms with E-state index in [4.69, 9.17) is 0 Å². The highest BCUT2D eigenvalue weighted by atomic mass is 35.5. The van der Waals surface area contributed by atoms with Crippen LogP contribution >= 0.6 is 24.8 Å². The molecule has 0 amide bonds. The molecule has 0 spiro atoms. The number of nitrogens with one attached hydrogen (secondary N) is 1. The van der Waals surface area contributed by atoms with Gasteiger partial charge in [0, 0.05) is 37.8 Å². The predicted molar refractivity (Wildman–Crippen MR) is 74.0 cm³/mol. The smallest absolute Gasteiger partial charge is 0.258 e. The minimum absolute atomic E-state index is 0. The average Bonchev–Trinajstić information content (AvgIpc) is 2.33. The molecule has 1 heterocycles. The molecule has 1 atom stereocenters. The van der Waals surface area contributed by atoms with E-state index in [0.29, 0.717) is 32.2 Å². The standard InChI is InChI=1S/C12H14F4N2.2ClH/c13-8-1-2-9(10(14)7-8)11(12(15)16)18-5-3-17-4-6-18;;/h1-2,7,11-12,17H,3-6H2;2*1H/t11-;;/m0../s1. The van der Waals surface area contributed by atoms with Gasteiger partial charge in [0.1, 0.15) is 11.6 Å². The minimum atomic E-state index is -2.71. The van der Waals surface area contributed by atoms with Crippen molar-refractivity contribution in [2.75, 3.05) is 26.2 Å². The van der Waals surface area contributed by atoms with Crippen LogP contribution in [0.15, 0.2) is 18.2 Å². The van der Waals surface area contributed by atoms with Crippen LogP contribution in [0.1, 0.15) is 11.6 Å². The lowest BCUT2D eigenvalue weighted by atomic mass is 10.0. The lowest BCUT2D eigenvalue weighted by molar-refractivity contribution is 0.0163. The fourth-order valence-electron chi connectivity index (χ4n) is 2.19. The molecular weight excluding hydrogens is 319 g/mol. The first-order chi connectivity index (χ1) is 8.59. The number of rotatable bonds is 3. The number of halogens is 6. The van der Waals surface area contributed by atoms with Gasteiger partial charge in [0.2, 0.25) is 0 Å². The van der Waals surface area contributed by atoms with E-state index in [1.54, 1.807) is 0 Å². The van der Waals surface area contributed by atoms with Gasteiger partial charge in [-0.2, -0.15) is 0 Å². The topological polar surface area (TPSA) is 15.3 Å². The molecule has 0 aliphatic carbocycles. The predicted octanol–water partition coefficient (Wildman–Crippen LogP) is 3.02. The van der Waals surface area contributed by atoms with E-state index in [9.17, 15) is 17.6 Å². The Morgan fingerprint density at radius 2 is 1.65 bits per heavy atom. The zero-order chi connectivity index (χ0) is 13.1. The largest absolute Gasteiger partial charge is 0.314 e. The Morgan fingerprint density at radius 1 is 1.05 bits per heavy atom. The van der Waals surface area contributed by atoms with Gasteiger partial charge in [-0.05, 0) is 6.07 Å². The highest BCUT2D eigenvalue weighted by Gasteiger charge is 2.32. The molecule has 1 aliphatic rings. The summed E-state index contributed by atoms with van der Waals surface area (Å²) < 4.78 is 52.7. The zero-order valence-electron chi connectivity index (χ0n) is 10.5. The fraction of sp³-hybridized carbons (Fsp3) is 0.500. The summed E-state index contributed by atoms with van der Waals surface area (Å²) in [5.41, 5.74) is -0.145. The molecule has 1 aromatic carbocycles. The molecule has 0 radical (unpaired) electrons. The summed E-state index contributed by atoms with van der Waals surface area (Å²) in [6, 6.07) is 1.44. The van der Waals surface area contributed by atoms with Crippen molar-refractivity contribution in [2.45, 2.75) is 12.5 Å². The van der Waals surface area contributed by atoms with Gasteiger partial charge in [0.25, 0.3) is 6.43 Å². The average molecular weight is 335 g/mol. The zero-order valence-corrected chi connectivity index (χ0v) is 12.1. The molecule has 0 saturated carbocycles. The fourth-order valence-corrected chi connectivity index (χ4v) is 2.19. The highest BCUT2D eigenvalue weighted by Crippen LogP contribution is 2.29. The number of alkyl halides is 2. The number of piperazine rings is 1. The molecule has 0 unspecified atom stereocenters. The van der Waals surface area contributed by atoms with Crippen LogP contribution in [0.4, 0.5) is 17.6 Å². The summed E-state index contributed by atoms with van der Waals surface area (Å²) >= 11 is 0. The Bertz CT molecular complexity index is 414. The van der Waals surface area contributed by atoms with Crippen LogP contribution in [-0.2, 0) is 0 Å². The van der Waals surface area contributed by atoms with Crippen LogP contribution in [0, 0.1) is 11.6 Å². The summed E-state index contributed by atoms with van der Waals surface area (Å²) in [5, 5.41) is 3.04. The van der Waals surface area contributed by atoms with E-state index >= 15 is 0 Å². The molecule has 20 heavy (non-hydrogen) atoms. The van der Waals surface area contributed by atoms with Crippen LogP contribution in [0.3, 0.4) is 0 Å². The van der Waals surface area contributed by atoms with Crippen LogP contribution in [0.5, 0.6) is 0 Å². The summed E-state index contributed by atoms with van der Waals surface area (Å²) in [6.45, 7) is 2.02. The van der Waals surface area contributed by atoms with Crippen molar-refractivity contribution >= 4 is 24.8 Å². The van der Waals surface area contributed by atoms with Crippen LogP contribution in [-0.4, -0.2) is 37.5 Å². The summed E-state index contributed by atoms with van der Waals surface area (Å²) in [7, 11) is 0. The second-order valence-corrected chi connectivity index (χ2v) is 4.23. The molecule has 8 heteroatoms. The van der Waals surface area contributed by atoms with E-state index in [1.165, 1.54) is 4.90 Å². The molecule has 1 fully saturated rings. The van der Waals surface area contributed by atoms with Gasteiger partial charge >= 0.3 is 0 Å². The Hall–Kier alpha value is -0.560. The van der Waals surface area contributed by atoms with Crippen molar-refractivity contribution in [3.63, 3.8) is 0 Å². The van der Waals surface area contributed by atoms with E-state index in [2.05, 4.69) is 5.32 Å². The van der Waals surface area contributed by atoms with E-state index in [1.807, 2.05) is 0 Å². The maximum absolute atomic E-state index is 13.6. The van der Waals surface area contributed by atoms with Crippen LogP contribution in [0.2, 0.25) is 0 Å². The van der Waals surface area contributed by atoms with Crippen LogP contribution in [0.25, 0.3) is 0 Å². The van der Waals surface area contributed by atoms with Crippen molar-refractivity contribution in [3.05, 3.63) is 35.4 Å². The first-order valence-corrected chi connectivity index (χ1v) is 5.77. The van der Waals surface area contributed by atoms with Crippen molar-refractivity contribution < 1.29 is 17.6 Å². The van der Waals surface area contributed by atoms with Crippen molar-refractivity contribution in [2.24, 2.45) is 0 Å². The monoisotopic (exact) mass is 334 g/mol. The Morgan fingerprint density at radius 3 is 2.15 bits per heavy atom. The molecule has 0 bridgehead atoms. The SMILES string of the molecule is Cl.Cl.Fc1ccc([C@@H](C(F)F)N2CCNCC2)c(F)c1. The number of hydrogen-bond acceptors (Lipinski definition) is 2. The summed E-state index contributed by atoms with van der Waals surface area (Å²) in [4.78, 5) is 1.53. The summed E-state index contributed by atoms with van der Waals surface area (Å²) in [6.07, 6.45) is -2.71. The van der Waals surface area contributed by atoms with E-state index in [0.717, 1.165) is 12.1 Å². The lowest BCUT2D eigenvalue weighted by Gasteiger charge is -2.34. The third-order valence-electron chi connectivity index (χ3n) is 3.06. The Labute approximate surface area is 127 Å². The molecule has 0 aromatic heterocycles. The number of benzene rings is 1. The molecule has 1 N–H and O–H groups in total. The van der Waals surface area contributed by atoms with Gasteiger partial charge in [-0.25, -0.2) is 17.6 Å². The second kappa shape index (κ2) is 8.67. The minimum Gasteiger partial charge on any atom is -0.314 e. The number of hydrogen-bond donors (Lipinski definition) is 1. The molecule has 1 aromatic rings. The van der Waals surface area contributed by atoms with Gasteiger partial charge < -0.3 is 5.32 Å². The second-order valence-electron chi connectivity index (χ2n) is 4.23. The van der Waals surface area contributed by atoms with Crippen molar-refractivity contribution in [1.82, 2.24) is 10.2 Å². The quantitative estimate of drug-likeness (QED) is 0.855. The van der Waals surface area contributed by atoms with Gasteiger partial charge in [-0.3, -0.25) is 4.90 Å². The normalized spacial score (nSPS) is 17.2. The van der Waals surface area contributed by atoms with Gasteiger partial charge in [-0.1, -0.05) is 6.07 Å². The van der Waals surface area contributed by atoms with Crippen LogP contribution < -0.4 is 5.32 Å². The molecule has 2 rings (SSSR count). The Kier molecular flexibility index (Phi) is 8.42. The maximum Gasteiger partial charge on any atom is 0.258 e. The number of nitrogens with zero attached hydrogens (tertiary/aromatic N) is 1. The van der Waals surface area contributed by atoms with Gasteiger partial charge in [-0.15, -0.1) is 24.8 Å². The van der Waals surface area contributed by atoms with E-state index in [-0.39, 0.29) is 30.4 Å². The first kappa shape index (κ1) is 19.4. The van der Waals surface area contributed by atoms with Crippen molar-refractivity contribution in [1.29, 1.82) is 0 Å². The van der Waals surface area contributed by atoms with Gasteiger partial charge in [0.15, 0.2) is 0 Å². The first-order valence-electron chi connectivity index (χ1n) is 5.77. The summed E-state index contributed by atoms with van der Waals surface area (Å²) in [5.74, 6) is -1.68. The Balaban J connectivity index is 0.00000180. The van der Waals surface area contributed by atoms with E-state index < -0.39 is 24.1 Å². The van der Waals surface area contributed by atoms with Gasteiger partial charge in [0.05, 0.1) is 6.04 Å². The lowest BCUT2D eigenvalue weighted by Crippen LogP contribution is -2.47. The maximum atomic E-state index is 13.6. The molecule has 1 saturated heterocycles. The van der Waals surface area contributed by atoms with Crippen molar-refractivity contribution in [3.8, 4) is 0 Å².